The smallest absolute Gasteiger partial charge is 0.305 e. The topological polar surface area (TPSA) is 228 Å². The van der Waals surface area contributed by atoms with Crippen molar-refractivity contribution in [1.29, 1.82) is 0 Å². The van der Waals surface area contributed by atoms with Crippen LogP contribution >= 0.6 is 15.9 Å². The summed E-state index contributed by atoms with van der Waals surface area (Å²) >= 11 is 3.09. The molecule has 2 amide bonds. The van der Waals surface area contributed by atoms with Crippen molar-refractivity contribution in [3.05, 3.63) is 0 Å². The number of rotatable bonds is 45. The highest BCUT2D eigenvalue weighted by molar-refractivity contribution is 9.09. The molecule has 0 saturated carbocycles. The number of carbonyl (C=O) groups is 3. The van der Waals surface area contributed by atoms with Gasteiger partial charge in [-0.15, -0.1) is 0 Å². The van der Waals surface area contributed by atoms with E-state index in [4.69, 9.17) is 57.2 Å². The molecule has 0 radical (unpaired) electrons. The lowest BCUT2D eigenvalue weighted by molar-refractivity contribution is -0.138. The summed E-state index contributed by atoms with van der Waals surface area (Å²) in [5.41, 5.74) is 0. The molecule has 22 heteroatoms. The van der Waals surface area contributed by atoms with Crippen LogP contribution < -0.4 is 10.6 Å². The molecule has 0 aromatic rings. The third kappa shape index (κ3) is 38.9. The normalized spacial score (nSPS) is 12.5. The SMILES string of the molecule is O=C(O)CCOCCOCCOCCOCCOCCOCCOCCOCCN1CN(CCC(=O)NCCCOCCOCCOCCCNC(=O)CBr)N=N1. The van der Waals surface area contributed by atoms with Crippen molar-refractivity contribution in [1.82, 2.24) is 20.7 Å². The number of hydrogen-bond acceptors (Lipinski definition) is 18. The largest absolute Gasteiger partial charge is 0.481 e. The maximum absolute atomic E-state index is 12.2. The highest BCUT2D eigenvalue weighted by atomic mass is 79.9. The number of amides is 2. The van der Waals surface area contributed by atoms with Crippen molar-refractivity contribution >= 4 is 33.7 Å². The molecule has 0 bridgehead atoms. The lowest BCUT2D eigenvalue weighted by Crippen LogP contribution is -2.32. The summed E-state index contributed by atoms with van der Waals surface area (Å²) < 4.78 is 59.8. The summed E-state index contributed by atoms with van der Waals surface area (Å²) in [6.07, 6.45) is 1.78. The number of halogens is 1. The lowest BCUT2D eigenvalue weighted by atomic mass is 10.3. The summed E-state index contributed by atoms with van der Waals surface area (Å²) in [5.74, 6) is -0.958. The van der Waals surface area contributed by atoms with Crippen molar-refractivity contribution in [2.45, 2.75) is 25.7 Å². The molecule has 1 rings (SSSR count). The number of aliphatic carboxylic acids is 1. The van der Waals surface area contributed by atoms with Crippen LogP contribution in [0.25, 0.3) is 0 Å². The van der Waals surface area contributed by atoms with Crippen LogP contribution in [0.4, 0.5) is 0 Å². The van der Waals surface area contributed by atoms with E-state index >= 15 is 0 Å². The van der Waals surface area contributed by atoms with Gasteiger partial charge in [-0.25, -0.2) is 0 Å². The Morgan fingerprint density at radius 1 is 0.456 bits per heavy atom. The Morgan fingerprint density at radius 2 is 0.789 bits per heavy atom. The van der Waals surface area contributed by atoms with Gasteiger partial charge >= 0.3 is 5.97 Å². The van der Waals surface area contributed by atoms with Gasteiger partial charge in [-0.1, -0.05) is 26.4 Å². The number of ether oxygens (including phenoxy) is 11. The molecule has 0 spiro atoms. The Morgan fingerprint density at radius 3 is 1.18 bits per heavy atom. The molecule has 21 nitrogen and oxygen atoms in total. The van der Waals surface area contributed by atoms with Gasteiger partial charge in [0.15, 0.2) is 0 Å². The fraction of sp³-hybridized carbons (Fsp3) is 0.914. The van der Waals surface area contributed by atoms with Gasteiger partial charge in [0.1, 0.15) is 6.67 Å². The highest BCUT2D eigenvalue weighted by Gasteiger charge is 2.16. The van der Waals surface area contributed by atoms with E-state index < -0.39 is 5.97 Å². The molecule has 1 heterocycles. The number of carboxylic acids is 1. The fourth-order valence-corrected chi connectivity index (χ4v) is 4.47. The Hall–Kier alpha value is -2.35. The molecule has 0 aliphatic carbocycles. The third-order valence-electron chi connectivity index (χ3n) is 7.22. The van der Waals surface area contributed by atoms with Crippen molar-refractivity contribution < 1.29 is 71.6 Å². The summed E-state index contributed by atoms with van der Waals surface area (Å²) in [4.78, 5) is 33.6. The van der Waals surface area contributed by atoms with E-state index in [1.165, 1.54) is 0 Å². The average Bonchev–Trinajstić information content (AvgIpc) is 3.67. The molecule has 1 aliphatic rings. The van der Waals surface area contributed by atoms with Gasteiger partial charge in [-0.2, -0.15) is 0 Å². The maximum atomic E-state index is 12.2. The second-order valence-electron chi connectivity index (χ2n) is 12.0. The zero-order chi connectivity index (χ0) is 41.1. The van der Waals surface area contributed by atoms with Crippen LogP contribution in [0.3, 0.4) is 0 Å². The van der Waals surface area contributed by atoms with Crippen LogP contribution in [0.1, 0.15) is 25.7 Å². The first-order valence-corrected chi connectivity index (χ1v) is 20.7. The van der Waals surface area contributed by atoms with E-state index in [1.54, 1.807) is 10.0 Å². The summed E-state index contributed by atoms with van der Waals surface area (Å²) in [7, 11) is 0. The van der Waals surface area contributed by atoms with E-state index in [1.807, 2.05) is 0 Å². The molecule has 334 valence electrons. The van der Waals surface area contributed by atoms with Crippen LogP contribution in [0.2, 0.25) is 0 Å². The van der Waals surface area contributed by atoms with Crippen molar-refractivity contribution in [2.75, 3.05) is 184 Å². The van der Waals surface area contributed by atoms with Gasteiger partial charge < -0.3 is 67.8 Å². The van der Waals surface area contributed by atoms with Crippen molar-refractivity contribution in [3.63, 3.8) is 0 Å². The van der Waals surface area contributed by atoms with Crippen LogP contribution in [-0.4, -0.2) is 216 Å². The zero-order valence-electron chi connectivity index (χ0n) is 33.5. The zero-order valence-corrected chi connectivity index (χ0v) is 35.0. The summed E-state index contributed by atoms with van der Waals surface area (Å²) in [5, 5.41) is 26.2. The Labute approximate surface area is 345 Å². The minimum absolute atomic E-state index is 0.0104. The van der Waals surface area contributed by atoms with Gasteiger partial charge in [0.2, 0.25) is 11.8 Å². The standard InChI is InChI=1S/C35H67BrN6O15/c36-31-34(44)38-6-2-10-48-14-18-51-17-13-47-9-1-5-37-33(43)3-7-41-32-42(40-39-41)8-12-50-16-20-53-22-24-55-26-28-57-30-29-56-27-25-54-23-21-52-19-15-49-11-4-35(45)46/h1-32H2,(H,37,43)(H,38,44)(H,45,46). The summed E-state index contributed by atoms with van der Waals surface area (Å²) in [6.45, 7) is 12.7. The molecular formula is C35H67BrN6O15. The van der Waals surface area contributed by atoms with Gasteiger partial charge in [0, 0.05) is 39.3 Å². The molecule has 0 atom stereocenters. The minimum atomic E-state index is -0.881. The number of nitrogens with one attached hydrogen (secondary N) is 2. The molecule has 1 aliphatic heterocycles. The molecule has 0 fully saturated rings. The van der Waals surface area contributed by atoms with Crippen LogP contribution in [0.15, 0.2) is 10.4 Å². The molecule has 0 aromatic heterocycles. The third-order valence-corrected chi connectivity index (χ3v) is 7.72. The van der Waals surface area contributed by atoms with E-state index in [0.29, 0.717) is 190 Å². The fourth-order valence-electron chi connectivity index (χ4n) is 4.27. The quantitative estimate of drug-likeness (QED) is 0.0552. The predicted octanol–water partition coefficient (Wildman–Crippen LogP) is 0.299. The van der Waals surface area contributed by atoms with Crippen molar-refractivity contribution in [3.8, 4) is 0 Å². The Bertz CT molecular complexity index is 982. The second-order valence-corrected chi connectivity index (χ2v) is 12.5. The van der Waals surface area contributed by atoms with Gasteiger partial charge in [0.05, 0.1) is 150 Å². The van der Waals surface area contributed by atoms with Crippen LogP contribution in [-0.2, 0) is 66.5 Å². The molecule has 0 saturated heterocycles. The Kier molecular flexibility index (Phi) is 38.6. The molecule has 57 heavy (non-hydrogen) atoms. The van der Waals surface area contributed by atoms with Crippen molar-refractivity contribution in [2.24, 2.45) is 10.4 Å². The predicted molar refractivity (Wildman–Crippen MR) is 208 cm³/mol. The highest BCUT2D eigenvalue weighted by Crippen LogP contribution is 2.07. The van der Waals surface area contributed by atoms with Gasteiger partial charge in [-0.05, 0) is 12.8 Å². The van der Waals surface area contributed by atoms with Crippen LogP contribution in [0, 0.1) is 0 Å². The maximum Gasteiger partial charge on any atom is 0.305 e. The van der Waals surface area contributed by atoms with E-state index in [9.17, 15) is 14.4 Å². The number of alkyl halides is 1. The number of carbonyl (C=O) groups excluding carboxylic acids is 2. The molecular weight excluding hydrogens is 824 g/mol. The number of carboxylic acid groups (broad SMARTS) is 1. The van der Waals surface area contributed by atoms with E-state index in [-0.39, 0.29) is 24.8 Å². The average molecular weight is 892 g/mol. The number of nitrogens with zero attached hydrogens (tertiary/aromatic N) is 4. The minimum Gasteiger partial charge on any atom is -0.481 e. The molecule has 0 aromatic carbocycles. The summed E-state index contributed by atoms with van der Waals surface area (Å²) in [6, 6.07) is 0. The monoisotopic (exact) mass is 890 g/mol. The molecule has 3 N–H and O–H groups in total. The van der Waals surface area contributed by atoms with Gasteiger partial charge in [-0.3, -0.25) is 24.4 Å². The lowest BCUT2D eigenvalue weighted by Gasteiger charge is -2.16. The second kappa shape index (κ2) is 41.8. The van der Waals surface area contributed by atoms with Gasteiger partial charge in [0.25, 0.3) is 0 Å². The first-order valence-electron chi connectivity index (χ1n) is 19.6. The first-order chi connectivity index (χ1) is 28.0. The first kappa shape index (κ1) is 52.7. The number of hydrogen-bond donors (Lipinski definition) is 3. The van der Waals surface area contributed by atoms with E-state index in [2.05, 4.69) is 37.0 Å². The van der Waals surface area contributed by atoms with Crippen LogP contribution in [0.5, 0.6) is 0 Å². The Balaban J connectivity index is 1.74. The molecule has 0 unspecified atom stereocenters. The van der Waals surface area contributed by atoms with E-state index in [0.717, 1.165) is 6.42 Å².